The summed E-state index contributed by atoms with van der Waals surface area (Å²) in [5.74, 6) is 0. The molecule has 0 aliphatic heterocycles. The Morgan fingerprint density at radius 2 is 1.44 bits per heavy atom. The van der Waals surface area contributed by atoms with Gasteiger partial charge >= 0.3 is 0 Å². The summed E-state index contributed by atoms with van der Waals surface area (Å²) in [7, 11) is 1.04. The second-order valence-electron chi connectivity index (χ2n) is 3.78. The van der Waals surface area contributed by atoms with Crippen LogP contribution in [-0.4, -0.2) is 19.8 Å². The largest absolute Gasteiger partial charge is 0.553 e. The summed E-state index contributed by atoms with van der Waals surface area (Å²) in [6.45, 7) is 3.39. The van der Waals surface area contributed by atoms with Crippen molar-refractivity contribution in [3.05, 3.63) is 0 Å². The van der Waals surface area contributed by atoms with Crippen LogP contribution in [0.15, 0.2) is 0 Å². The molecule has 0 saturated heterocycles. The Labute approximate surface area is 99.2 Å². The summed E-state index contributed by atoms with van der Waals surface area (Å²) in [5.41, 5.74) is 3.83. The van der Waals surface area contributed by atoms with Gasteiger partial charge in [0.25, 0.3) is 6.16 Å². The van der Waals surface area contributed by atoms with Crippen LogP contribution in [0, 0.1) is 0 Å². The second kappa shape index (κ2) is 16.7. The summed E-state index contributed by atoms with van der Waals surface area (Å²) in [4.78, 5) is 9.03. The predicted molar refractivity (Wildman–Crippen MR) is 62.8 cm³/mol. The summed E-state index contributed by atoms with van der Waals surface area (Å²) in [6, 6.07) is 0. The van der Waals surface area contributed by atoms with Gasteiger partial charge in [-0.05, 0) is 12.8 Å². The van der Waals surface area contributed by atoms with Crippen LogP contribution in [0.5, 0.6) is 0 Å². The molecule has 0 atom stereocenters. The van der Waals surface area contributed by atoms with Crippen molar-refractivity contribution in [1.29, 1.82) is 0 Å². The minimum absolute atomic E-state index is 1.04. The molecule has 0 unspecified atom stereocenters. The first-order valence-corrected chi connectivity index (χ1v) is 6.23. The highest BCUT2D eigenvalue weighted by Crippen LogP contribution is 2.07. The summed E-state index contributed by atoms with van der Waals surface area (Å²) in [5, 5.41) is 9.03. The first-order chi connectivity index (χ1) is 7.68. The second-order valence-corrected chi connectivity index (χ2v) is 3.78. The molecular formula is C12H27NO3. The van der Waals surface area contributed by atoms with Gasteiger partial charge in [-0.15, -0.1) is 0 Å². The number of carbonyl (C=O) groups excluding carboxylic acids is 1. The van der Waals surface area contributed by atoms with Gasteiger partial charge < -0.3 is 20.4 Å². The predicted octanol–water partition coefficient (Wildman–Crippen LogP) is 1.35. The number of ether oxygens (including phenoxy) is 1. The third-order valence-corrected chi connectivity index (χ3v) is 2.27. The molecule has 0 bridgehead atoms. The van der Waals surface area contributed by atoms with Gasteiger partial charge in [0.1, 0.15) is 0 Å². The molecule has 0 amide bonds. The van der Waals surface area contributed by atoms with Crippen LogP contribution in [0.2, 0.25) is 0 Å². The fourth-order valence-electron chi connectivity index (χ4n) is 1.31. The van der Waals surface area contributed by atoms with Crippen LogP contribution >= 0.6 is 0 Å². The number of carboxylic acid groups (broad SMARTS) is 1. The monoisotopic (exact) mass is 233 g/mol. The van der Waals surface area contributed by atoms with Crippen LogP contribution in [0.1, 0.15) is 58.3 Å². The SMILES string of the molecule is CCCCCCCCCC[NH3+].COC(=O)[O-]. The fourth-order valence-corrected chi connectivity index (χ4v) is 1.31. The third-order valence-electron chi connectivity index (χ3n) is 2.27. The lowest BCUT2D eigenvalue weighted by Gasteiger charge is -1.98. The molecular weight excluding hydrogens is 206 g/mol. The van der Waals surface area contributed by atoms with E-state index >= 15 is 0 Å². The Kier molecular flexibility index (Phi) is 18.3. The maximum Gasteiger partial charge on any atom is 0.251 e. The number of hydrogen-bond acceptors (Lipinski definition) is 3. The van der Waals surface area contributed by atoms with E-state index in [0.717, 1.165) is 13.7 Å². The summed E-state index contributed by atoms with van der Waals surface area (Å²) in [6.07, 6.45) is 9.79. The molecule has 0 rings (SSSR count). The molecule has 3 N–H and O–H groups in total. The Morgan fingerprint density at radius 1 is 1.06 bits per heavy atom. The molecule has 0 aliphatic carbocycles. The van der Waals surface area contributed by atoms with Crippen molar-refractivity contribution in [3.63, 3.8) is 0 Å². The number of rotatable bonds is 8. The van der Waals surface area contributed by atoms with Crippen molar-refractivity contribution in [1.82, 2.24) is 0 Å². The van der Waals surface area contributed by atoms with Gasteiger partial charge in [-0.1, -0.05) is 45.4 Å². The average Bonchev–Trinajstić information content (AvgIpc) is 2.29. The first kappa shape index (κ1) is 17.6. The van der Waals surface area contributed by atoms with Crippen LogP contribution in [0.4, 0.5) is 4.79 Å². The molecule has 0 heterocycles. The van der Waals surface area contributed by atoms with E-state index in [2.05, 4.69) is 17.4 Å². The Morgan fingerprint density at radius 3 is 1.75 bits per heavy atom. The highest BCUT2D eigenvalue weighted by atomic mass is 16.6. The number of methoxy groups -OCH3 is 1. The van der Waals surface area contributed by atoms with Crippen molar-refractivity contribution < 1.29 is 20.4 Å². The third kappa shape index (κ3) is 23.2. The summed E-state index contributed by atoms with van der Waals surface area (Å²) >= 11 is 0. The lowest BCUT2D eigenvalue weighted by molar-refractivity contribution is -0.368. The van der Waals surface area contributed by atoms with E-state index in [1.807, 2.05) is 0 Å². The minimum atomic E-state index is -1.50. The van der Waals surface area contributed by atoms with Crippen LogP contribution in [0.25, 0.3) is 0 Å². The van der Waals surface area contributed by atoms with Crippen molar-refractivity contribution in [2.24, 2.45) is 0 Å². The van der Waals surface area contributed by atoms with Gasteiger partial charge in [0, 0.05) is 7.11 Å². The zero-order chi connectivity index (χ0) is 12.6. The normalized spacial score (nSPS) is 9.19. The number of hydrogen-bond donors (Lipinski definition) is 1. The zero-order valence-electron chi connectivity index (χ0n) is 10.8. The number of carbonyl (C=O) groups is 1. The van der Waals surface area contributed by atoms with E-state index < -0.39 is 6.16 Å². The average molecular weight is 233 g/mol. The molecule has 4 nitrogen and oxygen atoms in total. The van der Waals surface area contributed by atoms with Crippen molar-refractivity contribution in [3.8, 4) is 0 Å². The van der Waals surface area contributed by atoms with E-state index in [-0.39, 0.29) is 0 Å². The van der Waals surface area contributed by atoms with Gasteiger partial charge in [0.2, 0.25) is 0 Å². The topological polar surface area (TPSA) is 77.0 Å². The smallest absolute Gasteiger partial charge is 0.251 e. The van der Waals surface area contributed by atoms with Gasteiger partial charge in [-0.25, -0.2) is 0 Å². The minimum Gasteiger partial charge on any atom is -0.553 e. The molecule has 4 heteroatoms. The lowest BCUT2D eigenvalue weighted by atomic mass is 10.1. The molecule has 0 aromatic heterocycles. The van der Waals surface area contributed by atoms with Gasteiger partial charge in [0.15, 0.2) is 0 Å². The van der Waals surface area contributed by atoms with Crippen molar-refractivity contribution >= 4 is 6.16 Å². The summed E-state index contributed by atoms with van der Waals surface area (Å²) < 4.78 is 3.56. The molecule has 0 saturated carbocycles. The maximum atomic E-state index is 9.03. The quantitative estimate of drug-likeness (QED) is 0.507. The van der Waals surface area contributed by atoms with Crippen molar-refractivity contribution in [2.45, 2.75) is 58.3 Å². The highest BCUT2D eigenvalue weighted by molar-refractivity contribution is 5.53. The highest BCUT2D eigenvalue weighted by Gasteiger charge is 1.89. The molecule has 0 radical (unpaired) electrons. The van der Waals surface area contributed by atoms with Crippen LogP contribution in [0.3, 0.4) is 0 Å². The number of quaternary nitrogens is 1. The van der Waals surface area contributed by atoms with Gasteiger partial charge in [-0.3, -0.25) is 0 Å². The van der Waals surface area contributed by atoms with E-state index in [1.54, 1.807) is 0 Å². The fraction of sp³-hybridized carbons (Fsp3) is 0.917. The van der Waals surface area contributed by atoms with Gasteiger partial charge in [0.05, 0.1) is 6.54 Å². The van der Waals surface area contributed by atoms with E-state index in [0.29, 0.717) is 0 Å². The van der Waals surface area contributed by atoms with E-state index in [1.165, 1.54) is 51.4 Å². The zero-order valence-corrected chi connectivity index (χ0v) is 10.8. The number of unbranched alkanes of at least 4 members (excludes halogenated alkanes) is 7. The van der Waals surface area contributed by atoms with Crippen molar-refractivity contribution in [2.75, 3.05) is 13.7 Å². The molecule has 0 aliphatic rings. The van der Waals surface area contributed by atoms with Gasteiger partial charge in [-0.2, -0.15) is 0 Å². The first-order valence-electron chi connectivity index (χ1n) is 6.23. The maximum absolute atomic E-state index is 9.03. The molecule has 0 aromatic carbocycles. The Balaban J connectivity index is 0. The Bertz CT molecular complexity index is 132. The van der Waals surface area contributed by atoms with E-state index in [4.69, 9.17) is 9.90 Å². The van der Waals surface area contributed by atoms with Crippen LogP contribution in [-0.2, 0) is 4.74 Å². The molecule has 0 fully saturated rings. The molecule has 98 valence electrons. The molecule has 16 heavy (non-hydrogen) atoms. The standard InChI is InChI=1S/C10H23N.C2H4O3/c1-2-3-4-5-6-7-8-9-10-11;1-5-2(3)4/h2-11H2,1H3;1H3,(H,3,4). The van der Waals surface area contributed by atoms with E-state index in [9.17, 15) is 0 Å². The molecule has 0 spiro atoms. The molecule has 0 aromatic rings. The lowest BCUT2D eigenvalue weighted by Crippen LogP contribution is -2.50. The van der Waals surface area contributed by atoms with Crippen LogP contribution < -0.4 is 10.8 Å². The Hall–Kier alpha value is -0.770.